The number of alkyl halides is 1. The Hall–Kier alpha value is -2.01. The minimum Gasteiger partial charge on any atom is -0.382 e. The van der Waals surface area contributed by atoms with E-state index in [2.05, 4.69) is 74.1 Å². The van der Waals surface area contributed by atoms with Gasteiger partial charge in [-0.3, -0.25) is 9.38 Å². The Morgan fingerprint density at radius 1 is 1.24 bits per heavy atom. The molecule has 1 rings (SSSR count). The van der Waals surface area contributed by atoms with Crippen molar-refractivity contribution in [2.24, 2.45) is 10.7 Å². The van der Waals surface area contributed by atoms with Gasteiger partial charge in [-0.2, -0.15) is 0 Å². The zero-order chi connectivity index (χ0) is 25.5. The van der Waals surface area contributed by atoms with Crippen molar-refractivity contribution in [3.63, 3.8) is 0 Å². The van der Waals surface area contributed by atoms with Crippen LogP contribution < -0.4 is 5.73 Å². The molecule has 0 fully saturated rings. The van der Waals surface area contributed by atoms with Crippen LogP contribution >= 0.6 is 11.3 Å². The molecule has 0 aliphatic rings. The second-order valence-corrected chi connectivity index (χ2v) is 8.16. The molecule has 2 N–H and O–H groups in total. The monoisotopic (exact) mass is 477 g/mol. The van der Waals surface area contributed by atoms with Crippen molar-refractivity contribution in [2.45, 2.75) is 100.0 Å². The van der Waals surface area contributed by atoms with Crippen LogP contribution in [-0.2, 0) is 6.42 Å². The number of allylic oxidation sites excluding steroid dienone is 8. The molecule has 0 saturated heterocycles. The Morgan fingerprint density at radius 3 is 2.45 bits per heavy atom. The number of unbranched alkanes of at least 4 members (excludes halogenated alkanes) is 1. The van der Waals surface area contributed by atoms with Crippen molar-refractivity contribution in [1.29, 1.82) is 0 Å². The van der Waals surface area contributed by atoms with Gasteiger partial charge in [-0.1, -0.05) is 77.5 Å². The van der Waals surface area contributed by atoms with Gasteiger partial charge in [-0.05, 0) is 64.0 Å². The third-order valence-corrected chi connectivity index (χ3v) is 5.53. The Kier molecular flexibility index (Phi) is 23.3. The van der Waals surface area contributed by atoms with Gasteiger partial charge in [-0.15, -0.1) is 11.3 Å². The summed E-state index contributed by atoms with van der Waals surface area (Å²) in [7, 11) is 0. The maximum atomic E-state index is 12.3. The molecule has 33 heavy (non-hydrogen) atoms. The minimum atomic E-state index is -0.353. The lowest BCUT2D eigenvalue weighted by atomic mass is 10.1. The maximum Gasteiger partial charge on any atom is 0.145 e. The Morgan fingerprint density at radius 2 is 1.94 bits per heavy atom. The molecule has 1 unspecified atom stereocenters. The van der Waals surface area contributed by atoms with E-state index in [0.29, 0.717) is 12.3 Å². The van der Waals surface area contributed by atoms with E-state index < -0.39 is 0 Å². The lowest BCUT2D eigenvalue weighted by Crippen LogP contribution is -2.18. The van der Waals surface area contributed by atoms with E-state index in [0.717, 1.165) is 42.8 Å². The Labute approximate surface area is 207 Å². The number of hydrogen-bond acceptors (Lipinski definition) is 3. The van der Waals surface area contributed by atoms with Gasteiger partial charge < -0.3 is 5.73 Å². The summed E-state index contributed by atoms with van der Waals surface area (Å²) in [6, 6.07) is -0.0317. The Balaban J connectivity index is 0. The number of rotatable bonds is 12. The number of amidine groups is 1. The highest BCUT2D eigenvalue weighted by molar-refractivity contribution is 7.09. The summed E-state index contributed by atoms with van der Waals surface area (Å²) in [5.74, 6) is 0.439. The van der Waals surface area contributed by atoms with Crippen LogP contribution in [0.4, 0.5) is 4.39 Å². The van der Waals surface area contributed by atoms with E-state index >= 15 is 0 Å². The quantitative estimate of drug-likeness (QED) is 0.186. The normalized spacial score (nSPS) is 13.5. The SMILES string of the molecule is CC.CCCCc1nc(C(N)=NC(CC)CCF)cs1.C\C=C/C(=C/C)C(/C)=C\C=C\CC. The van der Waals surface area contributed by atoms with Crippen molar-refractivity contribution in [1.82, 2.24) is 4.98 Å². The zero-order valence-electron chi connectivity index (χ0n) is 22.3. The zero-order valence-corrected chi connectivity index (χ0v) is 23.1. The second-order valence-electron chi connectivity index (χ2n) is 7.21. The number of aliphatic imine (C=N–C) groups is 1. The maximum absolute atomic E-state index is 12.3. The van der Waals surface area contributed by atoms with Gasteiger partial charge in [0, 0.05) is 5.38 Å². The van der Waals surface area contributed by atoms with E-state index in [4.69, 9.17) is 5.73 Å². The molecule has 0 aliphatic heterocycles. The fraction of sp³-hybridized carbons (Fsp3) is 0.571. The molecule has 1 aromatic rings. The first-order valence-corrected chi connectivity index (χ1v) is 13.3. The highest BCUT2D eigenvalue weighted by Crippen LogP contribution is 2.14. The van der Waals surface area contributed by atoms with Gasteiger partial charge in [0.25, 0.3) is 0 Å². The van der Waals surface area contributed by atoms with Crippen LogP contribution in [0.2, 0.25) is 0 Å². The predicted molar refractivity (Wildman–Crippen MR) is 149 cm³/mol. The molecule has 5 heteroatoms. The molecule has 0 radical (unpaired) electrons. The Bertz CT molecular complexity index is 742. The second kappa shape index (κ2) is 23.2. The minimum absolute atomic E-state index is 0.0317. The van der Waals surface area contributed by atoms with Crippen LogP contribution in [0.1, 0.15) is 98.2 Å². The molecule has 0 aliphatic carbocycles. The number of thiazole rings is 1. The highest BCUT2D eigenvalue weighted by Gasteiger charge is 2.09. The third kappa shape index (κ3) is 16.3. The molecule has 1 heterocycles. The molecule has 3 nitrogen and oxygen atoms in total. The molecule has 0 spiro atoms. The lowest BCUT2D eigenvalue weighted by Gasteiger charge is -2.07. The summed E-state index contributed by atoms with van der Waals surface area (Å²) in [6.45, 7) is 16.2. The smallest absolute Gasteiger partial charge is 0.145 e. The van der Waals surface area contributed by atoms with Crippen LogP contribution in [0.5, 0.6) is 0 Å². The van der Waals surface area contributed by atoms with Crippen molar-refractivity contribution in [3.8, 4) is 0 Å². The topological polar surface area (TPSA) is 51.3 Å². The van der Waals surface area contributed by atoms with E-state index in [1.165, 1.54) is 11.1 Å². The lowest BCUT2D eigenvalue weighted by molar-refractivity contribution is 0.433. The van der Waals surface area contributed by atoms with Gasteiger partial charge in [0.15, 0.2) is 0 Å². The van der Waals surface area contributed by atoms with E-state index in [9.17, 15) is 4.39 Å². The standard InChI is InChI=1S/C13H22FN3S.C13H20.C2H6/c1-3-5-6-12-17-11(9-18-12)13(15)16-10(4-2)7-8-14;1-5-8-9-11-12(4)13(7-3)10-6-2;1-2/h9-10H,3-8H2,1-2H3,(H2,15,16);6-11H,5H2,1-4H3;1-2H3/b;9-8+,10-6-,12-11-,13-7-;. The number of aryl methyl sites for hydroxylation is 1. The summed E-state index contributed by atoms with van der Waals surface area (Å²) in [6.07, 6.45) is 18.4. The molecular weight excluding hydrogens is 429 g/mol. The first-order valence-electron chi connectivity index (χ1n) is 12.4. The molecule has 188 valence electrons. The number of nitrogens with zero attached hydrogens (tertiary/aromatic N) is 2. The van der Waals surface area contributed by atoms with Gasteiger partial charge in [0.05, 0.1) is 17.7 Å². The molecular formula is C28H48FN3S. The average Bonchev–Trinajstić information content (AvgIpc) is 3.31. The van der Waals surface area contributed by atoms with Crippen LogP contribution in [0, 0.1) is 0 Å². The van der Waals surface area contributed by atoms with Crippen molar-refractivity contribution in [2.75, 3.05) is 6.67 Å². The van der Waals surface area contributed by atoms with Crippen LogP contribution in [0.15, 0.2) is 58.0 Å². The molecule has 0 amide bonds. The largest absolute Gasteiger partial charge is 0.382 e. The number of hydrogen-bond donors (Lipinski definition) is 1. The molecule has 0 aromatic carbocycles. The van der Waals surface area contributed by atoms with E-state index in [1.807, 2.05) is 33.1 Å². The fourth-order valence-corrected chi connectivity index (χ4v) is 3.53. The number of nitrogens with two attached hydrogens (primary N) is 1. The van der Waals surface area contributed by atoms with Gasteiger partial charge >= 0.3 is 0 Å². The van der Waals surface area contributed by atoms with Crippen molar-refractivity contribution < 1.29 is 4.39 Å². The molecule has 0 saturated carbocycles. The highest BCUT2D eigenvalue weighted by atomic mass is 32.1. The van der Waals surface area contributed by atoms with E-state index in [-0.39, 0.29) is 12.7 Å². The number of halogens is 1. The third-order valence-electron chi connectivity index (χ3n) is 4.62. The van der Waals surface area contributed by atoms with Gasteiger partial charge in [0.1, 0.15) is 11.5 Å². The predicted octanol–water partition coefficient (Wildman–Crippen LogP) is 8.78. The first-order chi connectivity index (χ1) is 16.0. The fourth-order valence-electron chi connectivity index (χ4n) is 2.70. The summed E-state index contributed by atoms with van der Waals surface area (Å²) in [5.41, 5.74) is 9.26. The van der Waals surface area contributed by atoms with Gasteiger partial charge in [-0.25, -0.2) is 4.98 Å². The summed E-state index contributed by atoms with van der Waals surface area (Å²) < 4.78 is 12.3. The first kappa shape index (κ1) is 33.2. The van der Waals surface area contributed by atoms with E-state index in [1.54, 1.807) is 11.3 Å². The van der Waals surface area contributed by atoms with Crippen LogP contribution in [-0.4, -0.2) is 23.5 Å². The van der Waals surface area contributed by atoms with Crippen molar-refractivity contribution in [3.05, 3.63) is 63.7 Å². The summed E-state index contributed by atoms with van der Waals surface area (Å²) in [5, 5.41) is 3.04. The summed E-state index contributed by atoms with van der Waals surface area (Å²) in [4.78, 5) is 8.81. The molecule has 1 atom stereocenters. The molecule has 0 bridgehead atoms. The van der Waals surface area contributed by atoms with Crippen LogP contribution in [0.25, 0.3) is 0 Å². The van der Waals surface area contributed by atoms with Crippen LogP contribution in [0.3, 0.4) is 0 Å². The van der Waals surface area contributed by atoms with Crippen molar-refractivity contribution >= 4 is 17.2 Å². The molecule has 1 aromatic heterocycles. The van der Waals surface area contributed by atoms with Gasteiger partial charge in [0.2, 0.25) is 0 Å². The average molecular weight is 478 g/mol. The summed E-state index contributed by atoms with van der Waals surface area (Å²) >= 11 is 1.62. The number of aromatic nitrogens is 1.